The van der Waals surface area contributed by atoms with Crippen LogP contribution < -0.4 is 9.47 Å². The van der Waals surface area contributed by atoms with Crippen LogP contribution in [0.15, 0.2) is 108 Å². The largest absolute Gasteiger partial charge is 0.491 e. The molecule has 0 bridgehead atoms. The third-order valence-corrected chi connectivity index (χ3v) is 6.14. The van der Waals surface area contributed by atoms with E-state index in [4.69, 9.17) is 19.0 Å². The molecule has 0 aliphatic heterocycles. The highest BCUT2D eigenvalue weighted by Gasteiger charge is 2.24. The molecule has 1 N–H and O–H groups in total. The number of halogens is 1. The van der Waals surface area contributed by atoms with E-state index in [1.165, 1.54) is 12.1 Å². The van der Waals surface area contributed by atoms with Gasteiger partial charge in [0.15, 0.2) is 0 Å². The van der Waals surface area contributed by atoms with Crippen molar-refractivity contribution in [2.75, 3.05) is 13.2 Å². The van der Waals surface area contributed by atoms with E-state index in [1.54, 1.807) is 30.1 Å². The maximum atomic E-state index is 13.9. The Morgan fingerprint density at radius 1 is 0.923 bits per heavy atom. The highest BCUT2D eigenvalue weighted by molar-refractivity contribution is 5.65. The second-order valence-electron chi connectivity index (χ2n) is 9.21. The molecule has 200 valence electrons. The van der Waals surface area contributed by atoms with Crippen molar-refractivity contribution in [2.45, 2.75) is 19.2 Å². The molecule has 0 radical (unpaired) electrons. The zero-order chi connectivity index (χ0) is 27.0. The predicted molar refractivity (Wildman–Crippen MR) is 146 cm³/mol. The van der Waals surface area contributed by atoms with Gasteiger partial charge in [-0.3, -0.25) is 4.90 Å². The molecule has 39 heavy (non-hydrogen) atoms. The standard InChI is InChI=1S/C31H30FN3O4/c1-34-31(39-27-15-8-12-24(32)18-27)29(30(33-34)23-10-4-2-5-11-23)21-35(20-28-16-9-17-37-28)19-25(36)22-38-26-13-6-3-7-14-26/h2-18,25,36H,19-22H2,1H3. The normalized spacial score (nSPS) is 12.0. The molecular weight excluding hydrogens is 497 g/mol. The van der Waals surface area contributed by atoms with E-state index >= 15 is 0 Å². The lowest BCUT2D eigenvalue weighted by Crippen LogP contribution is -2.35. The molecule has 0 spiro atoms. The smallest absolute Gasteiger partial charge is 0.222 e. The number of aryl methyl sites for hydroxylation is 1. The first-order valence-corrected chi connectivity index (χ1v) is 12.7. The van der Waals surface area contributed by atoms with E-state index in [0.717, 1.165) is 22.6 Å². The van der Waals surface area contributed by atoms with Crippen LogP contribution in [0.3, 0.4) is 0 Å². The number of ether oxygens (including phenoxy) is 2. The minimum absolute atomic E-state index is 0.129. The van der Waals surface area contributed by atoms with Gasteiger partial charge in [0, 0.05) is 31.8 Å². The first-order valence-electron chi connectivity index (χ1n) is 12.7. The number of hydrogen-bond acceptors (Lipinski definition) is 6. The van der Waals surface area contributed by atoms with Crippen molar-refractivity contribution in [2.24, 2.45) is 7.05 Å². The Labute approximate surface area is 226 Å². The van der Waals surface area contributed by atoms with Crippen LogP contribution in [0.1, 0.15) is 11.3 Å². The number of para-hydroxylation sites is 1. The highest BCUT2D eigenvalue weighted by Crippen LogP contribution is 2.34. The van der Waals surface area contributed by atoms with E-state index in [9.17, 15) is 9.50 Å². The molecule has 1 atom stereocenters. The van der Waals surface area contributed by atoms with Crippen LogP contribution in [-0.4, -0.2) is 39.0 Å². The maximum absolute atomic E-state index is 13.9. The van der Waals surface area contributed by atoms with Crippen molar-refractivity contribution < 1.29 is 23.4 Å². The highest BCUT2D eigenvalue weighted by atomic mass is 19.1. The molecule has 0 saturated carbocycles. The average Bonchev–Trinajstić information content (AvgIpc) is 3.57. The summed E-state index contributed by atoms with van der Waals surface area (Å²) < 4.78 is 33.2. The molecule has 0 fully saturated rings. The van der Waals surface area contributed by atoms with Crippen LogP contribution in [0.25, 0.3) is 11.3 Å². The molecule has 7 nitrogen and oxygen atoms in total. The second kappa shape index (κ2) is 12.4. The van der Waals surface area contributed by atoms with Crippen molar-refractivity contribution in [3.8, 4) is 28.6 Å². The van der Waals surface area contributed by atoms with Crippen LogP contribution in [0.2, 0.25) is 0 Å². The number of hydrogen-bond donors (Lipinski definition) is 1. The molecule has 2 aromatic heterocycles. The molecule has 8 heteroatoms. The first kappa shape index (κ1) is 26.2. The summed E-state index contributed by atoms with van der Waals surface area (Å²) in [7, 11) is 1.80. The van der Waals surface area contributed by atoms with Gasteiger partial charge in [0.25, 0.3) is 0 Å². The number of rotatable bonds is 12. The quantitative estimate of drug-likeness (QED) is 0.213. The Kier molecular flexibility index (Phi) is 8.36. The fraction of sp³-hybridized carbons (Fsp3) is 0.194. The third kappa shape index (κ3) is 6.93. The zero-order valence-electron chi connectivity index (χ0n) is 21.6. The van der Waals surface area contributed by atoms with Gasteiger partial charge in [0.1, 0.15) is 41.5 Å². The van der Waals surface area contributed by atoms with Gasteiger partial charge < -0.3 is 19.0 Å². The minimum Gasteiger partial charge on any atom is -0.491 e. The molecule has 3 aromatic carbocycles. The molecule has 0 aliphatic rings. The summed E-state index contributed by atoms with van der Waals surface area (Å²) >= 11 is 0. The number of furan rings is 1. The topological polar surface area (TPSA) is 72.9 Å². The molecule has 1 unspecified atom stereocenters. The second-order valence-corrected chi connectivity index (χ2v) is 9.21. The van der Waals surface area contributed by atoms with Crippen molar-refractivity contribution in [1.29, 1.82) is 0 Å². The van der Waals surface area contributed by atoms with Gasteiger partial charge in [-0.25, -0.2) is 9.07 Å². The molecule has 0 amide bonds. The van der Waals surface area contributed by atoms with Crippen LogP contribution >= 0.6 is 0 Å². The molecule has 5 aromatic rings. The Morgan fingerprint density at radius 2 is 1.67 bits per heavy atom. The van der Waals surface area contributed by atoms with Gasteiger partial charge in [0.2, 0.25) is 5.88 Å². The summed E-state index contributed by atoms with van der Waals surface area (Å²) in [6.07, 6.45) is 0.852. The molecular formula is C31H30FN3O4. The van der Waals surface area contributed by atoms with E-state index in [-0.39, 0.29) is 12.4 Å². The molecule has 2 heterocycles. The number of aromatic nitrogens is 2. The van der Waals surface area contributed by atoms with Gasteiger partial charge in [0.05, 0.1) is 18.4 Å². The summed E-state index contributed by atoms with van der Waals surface area (Å²) in [6, 6.07) is 28.9. The lowest BCUT2D eigenvalue weighted by molar-refractivity contribution is 0.0602. The summed E-state index contributed by atoms with van der Waals surface area (Å²) in [5, 5.41) is 15.7. The van der Waals surface area contributed by atoms with Gasteiger partial charge in [-0.15, -0.1) is 0 Å². The van der Waals surface area contributed by atoms with Gasteiger partial charge >= 0.3 is 0 Å². The summed E-state index contributed by atoms with van der Waals surface area (Å²) in [4.78, 5) is 2.06. The lowest BCUT2D eigenvalue weighted by Gasteiger charge is -2.25. The summed E-state index contributed by atoms with van der Waals surface area (Å²) in [5.74, 6) is 1.91. The van der Waals surface area contributed by atoms with E-state index in [1.807, 2.05) is 72.8 Å². The third-order valence-electron chi connectivity index (χ3n) is 6.14. The van der Waals surface area contributed by atoms with Gasteiger partial charge in [-0.05, 0) is 36.4 Å². The maximum Gasteiger partial charge on any atom is 0.222 e. The Balaban J connectivity index is 1.44. The van der Waals surface area contributed by atoms with Crippen molar-refractivity contribution in [3.05, 3.63) is 120 Å². The van der Waals surface area contributed by atoms with Crippen molar-refractivity contribution >= 4 is 0 Å². The number of nitrogens with zero attached hydrogens (tertiary/aromatic N) is 3. The van der Waals surface area contributed by atoms with Crippen molar-refractivity contribution in [1.82, 2.24) is 14.7 Å². The van der Waals surface area contributed by atoms with Crippen LogP contribution in [0.4, 0.5) is 4.39 Å². The fourth-order valence-corrected chi connectivity index (χ4v) is 4.38. The van der Waals surface area contributed by atoms with Crippen LogP contribution in [0, 0.1) is 5.82 Å². The van der Waals surface area contributed by atoms with Crippen LogP contribution in [0.5, 0.6) is 17.4 Å². The number of aliphatic hydroxyl groups excluding tert-OH is 1. The van der Waals surface area contributed by atoms with Crippen molar-refractivity contribution in [3.63, 3.8) is 0 Å². The Morgan fingerprint density at radius 3 is 2.38 bits per heavy atom. The van der Waals surface area contributed by atoms with Crippen LogP contribution in [-0.2, 0) is 20.1 Å². The van der Waals surface area contributed by atoms with E-state index < -0.39 is 6.10 Å². The first-order chi connectivity index (χ1) is 19.0. The number of aliphatic hydroxyl groups is 1. The minimum atomic E-state index is -0.774. The summed E-state index contributed by atoms with van der Waals surface area (Å²) in [5.41, 5.74) is 2.46. The average molecular weight is 528 g/mol. The fourth-order valence-electron chi connectivity index (χ4n) is 4.38. The van der Waals surface area contributed by atoms with E-state index in [0.29, 0.717) is 37.0 Å². The molecule has 0 aliphatic carbocycles. The lowest BCUT2D eigenvalue weighted by atomic mass is 10.1. The Bertz CT molecular complexity index is 1460. The van der Waals surface area contributed by atoms with Gasteiger partial charge in [-0.1, -0.05) is 54.6 Å². The Hall–Kier alpha value is -4.40. The molecule has 0 saturated heterocycles. The predicted octanol–water partition coefficient (Wildman–Crippen LogP) is 6.05. The van der Waals surface area contributed by atoms with E-state index in [2.05, 4.69) is 4.90 Å². The monoisotopic (exact) mass is 527 g/mol. The molecule has 5 rings (SSSR count). The summed E-state index contributed by atoms with van der Waals surface area (Å²) in [6.45, 7) is 1.25. The SMILES string of the molecule is Cn1nc(-c2ccccc2)c(CN(Cc2ccco2)CC(O)COc2ccccc2)c1Oc1cccc(F)c1. The zero-order valence-corrected chi connectivity index (χ0v) is 21.6. The van der Waals surface area contributed by atoms with Gasteiger partial charge in [-0.2, -0.15) is 5.10 Å². The number of benzene rings is 3.